The molecule has 0 fully saturated rings. The summed E-state index contributed by atoms with van der Waals surface area (Å²) in [5.74, 6) is 0. The molecule has 0 unspecified atom stereocenters. The molecule has 0 aliphatic rings. The fraction of sp³-hybridized carbons (Fsp3) is 0.0833. The van der Waals surface area contributed by atoms with Gasteiger partial charge in [-0.1, -0.05) is 23.2 Å². The van der Waals surface area contributed by atoms with Crippen molar-refractivity contribution in [3.8, 4) is 0 Å². The molecule has 3 N–H and O–H groups in total. The highest BCUT2D eigenvalue weighted by atomic mass is 35.5. The Hall–Kier alpha value is -1.34. The van der Waals surface area contributed by atoms with Crippen LogP contribution in [0, 0.1) is 0 Å². The third-order valence-electron chi connectivity index (χ3n) is 2.52. The Morgan fingerprint density at radius 1 is 1.20 bits per heavy atom. The summed E-state index contributed by atoms with van der Waals surface area (Å²) in [7, 11) is -3.85. The first-order valence-corrected chi connectivity index (χ1v) is 7.79. The van der Waals surface area contributed by atoms with Crippen molar-refractivity contribution in [3.63, 3.8) is 0 Å². The quantitative estimate of drug-likeness (QED) is 0.901. The Labute approximate surface area is 126 Å². The molecule has 1 aromatic heterocycles. The van der Waals surface area contributed by atoms with Crippen LogP contribution in [0.2, 0.25) is 10.0 Å². The van der Waals surface area contributed by atoms with Crippen molar-refractivity contribution < 1.29 is 8.42 Å². The fourth-order valence-electron chi connectivity index (χ4n) is 1.59. The molecule has 106 valence electrons. The average Bonchev–Trinajstić information content (AvgIpc) is 2.41. The lowest BCUT2D eigenvalue weighted by Crippen LogP contribution is -2.14. The number of rotatable bonds is 4. The van der Waals surface area contributed by atoms with Gasteiger partial charge in [0.05, 0.1) is 10.7 Å². The van der Waals surface area contributed by atoms with Crippen LogP contribution >= 0.6 is 23.2 Å². The van der Waals surface area contributed by atoms with E-state index in [9.17, 15) is 8.42 Å². The fourth-order valence-corrected chi connectivity index (χ4v) is 3.59. The molecule has 1 aromatic carbocycles. The number of anilines is 1. The molecule has 0 spiro atoms. The largest absolute Gasteiger partial charge is 0.326 e. The number of pyridine rings is 1. The van der Waals surface area contributed by atoms with Gasteiger partial charge in [-0.2, -0.15) is 0 Å². The number of nitrogens with zero attached hydrogens (tertiary/aromatic N) is 1. The number of hydrogen-bond donors (Lipinski definition) is 2. The zero-order chi connectivity index (χ0) is 14.8. The first-order valence-electron chi connectivity index (χ1n) is 5.55. The second kappa shape index (κ2) is 5.97. The molecule has 0 amide bonds. The topological polar surface area (TPSA) is 85.1 Å². The summed E-state index contributed by atoms with van der Waals surface area (Å²) in [6.45, 7) is 0.0944. The third kappa shape index (κ3) is 3.21. The summed E-state index contributed by atoms with van der Waals surface area (Å²) in [5.41, 5.74) is 6.36. The Bertz CT molecular complexity index is 721. The Balaban J connectivity index is 2.47. The molecule has 8 heteroatoms. The van der Waals surface area contributed by atoms with Crippen LogP contribution in [-0.2, 0) is 16.6 Å². The molecule has 1 heterocycles. The van der Waals surface area contributed by atoms with Crippen molar-refractivity contribution in [2.45, 2.75) is 11.4 Å². The second-order valence-corrected chi connectivity index (χ2v) is 6.39. The van der Waals surface area contributed by atoms with Crippen molar-refractivity contribution in [2.75, 3.05) is 4.72 Å². The Morgan fingerprint density at radius 2 is 1.85 bits per heavy atom. The number of aromatic nitrogens is 1. The van der Waals surface area contributed by atoms with Crippen LogP contribution in [0.15, 0.2) is 41.6 Å². The predicted molar refractivity (Wildman–Crippen MR) is 79.4 cm³/mol. The standard InChI is InChI=1S/C12H11Cl2N3O2S/c13-9-5-8(7-15)12(14)11(6-9)20(18,19)17-10-1-3-16-4-2-10/h1-6H,7,15H2,(H,16,17). The summed E-state index contributed by atoms with van der Waals surface area (Å²) in [6, 6.07) is 5.88. The molecule has 0 bridgehead atoms. The highest BCUT2D eigenvalue weighted by molar-refractivity contribution is 7.92. The molecule has 0 aliphatic carbocycles. The summed E-state index contributed by atoms with van der Waals surface area (Å²) in [4.78, 5) is 3.70. The van der Waals surface area contributed by atoms with Crippen molar-refractivity contribution in [1.29, 1.82) is 0 Å². The van der Waals surface area contributed by atoms with Gasteiger partial charge in [0.25, 0.3) is 10.0 Å². The maximum Gasteiger partial charge on any atom is 0.263 e. The van der Waals surface area contributed by atoms with Crippen LogP contribution in [0.3, 0.4) is 0 Å². The van der Waals surface area contributed by atoms with Crippen LogP contribution in [0.5, 0.6) is 0 Å². The third-order valence-corrected chi connectivity index (χ3v) is 4.70. The van der Waals surface area contributed by atoms with E-state index in [1.165, 1.54) is 36.7 Å². The van der Waals surface area contributed by atoms with Crippen molar-refractivity contribution in [3.05, 3.63) is 52.3 Å². The Kier molecular flexibility index (Phi) is 4.49. The number of hydrogen-bond acceptors (Lipinski definition) is 4. The van der Waals surface area contributed by atoms with E-state index in [0.29, 0.717) is 11.3 Å². The lowest BCUT2D eigenvalue weighted by molar-refractivity contribution is 0.601. The summed E-state index contributed by atoms with van der Waals surface area (Å²) >= 11 is 12.0. The van der Waals surface area contributed by atoms with Crippen molar-refractivity contribution in [2.24, 2.45) is 5.73 Å². The monoisotopic (exact) mass is 331 g/mol. The molecule has 20 heavy (non-hydrogen) atoms. The first kappa shape index (κ1) is 15.1. The van der Waals surface area contributed by atoms with Gasteiger partial charge in [-0.15, -0.1) is 0 Å². The minimum Gasteiger partial charge on any atom is -0.326 e. The SMILES string of the molecule is NCc1cc(Cl)cc(S(=O)(=O)Nc2ccncc2)c1Cl. The summed E-state index contributed by atoms with van der Waals surface area (Å²) < 4.78 is 27.1. The molecule has 2 aromatic rings. The first-order chi connectivity index (χ1) is 9.44. The maximum atomic E-state index is 12.3. The second-order valence-electron chi connectivity index (χ2n) is 3.92. The van der Waals surface area contributed by atoms with Crippen molar-refractivity contribution in [1.82, 2.24) is 4.98 Å². The van der Waals surface area contributed by atoms with Crippen LogP contribution in [-0.4, -0.2) is 13.4 Å². The van der Waals surface area contributed by atoms with E-state index in [-0.39, 0.29) is 21.5 Å². The summed E-state index contributed by atoms with van der Waals surface area (Å²) in [5, 5.41) is 0.323. The molecule has 0 saturated heterocycles. The Morgan fingerprint density at radius 3 is 2.45 bits per heavy atom. The van der Waals surface area contributed by atoms with Gasteiger partial charge in [0.15, 0.2) is 0 Å². The van der Waals surface area contributed by atoms with Gasteiger partial charge in [-0.25, -0.2) is 8.42 Å². The van der Waals surface area contributed by atoms with E-state index in [1.807, 2.05) is 0 Å². The molecule has 0 radical (unpaired) electrons. The van der Waals surface area contributed by atoms with E-state index in [0.717, 1.165) is 0 Å². The zero-order valence-corrected chi connectivity index (χ0v) is 12.5. The van der Waals surface area contributed by atoms with Gasteiger partial charge < -0.3 is 5.73 Å². The lowest BCUT2D eigenvalue weighted by atomic mass is 10.2. The number of halogens is 2. The molecular formula is C12H11Cl2N3O2S. The van der Waals surface area contributed by atoms with Gasteiger partial charge in [0, 0.05) is 24.0 Å². The van der Waals surface area contributed by atoms with E-state index in [4.69, 9.17) is 28.9 Å². The van der Waals surface area contributed by atoms with E-state index >= 15 is 0 Å². The highest BCUT2D eigenvalue weighted by Crippen LogP contribution is 2.30. The van der Waals surface area contributed by atoms with Gasteiger partial charge in [0.1, 0.15) is 4.90 Å². The van der Waals surface area contributed by atoms with E-state index in [2.05, 4.69) is 9.71 Å². The van der Waals surface area contributed by atoms with Crippen LogP contribution in [0.1, 0.15) is 5.56 Å². The minimum atomic E-state index is -3.85. The van der Waals surface area contributed by atoms with E-state index in [1.54, 1.807) is 0 Å². The predicted octanol–water partition coefficient (Wildman–Crippen LogP) is 2.65. The molecule has 0 saturated carbocycles. The zero-order valence-electron chi connectivity index (χ0n) is 10.2. The minimum absolute atomic E-state index is 0.0680. The molecule has 5 nitrogen and oxygen atoms in total. The van der Waals surface area contributed by atoms with Gasteiger partial charge in [0.2, 0.25) is 0 Å². The van der Waals surface area contributed by atoms with Gasteiger partial charge in [-0.05, 0) is 29.8 Å². The van der Waals surface area contributed by atoms with E-state index < -0.39 is 10.0 Å². The lowest BCUT2D eigenvalue weighted by Gasteiger charge is -2.12. The molecule has 0 atom stereocenters. The number of benzene rings is 1. The molecule has 2 rings (SSSR count). The highest BCUT2D eigenvalue weighted by Gasteiger charge is 2.21. The number of sulfonamides is 1. The smallest absolute Gasteiger partial charge is 0.263 e. The summed E-state index contributed by atoms with van der Waals surface area (Å²) in [6.07, 6.45) is 2.95. The number of nitrogens with two attached hydrogens (primary N) is 1. The van der Waals surface area contributed by atoms with Crippen LogP contribution in [0.4, 0.5) is 5.69 Å². The van der Waals surface area contributed by atoms with Crippen molar-refractivity contribution >= 4 is 38.9 Å². The normalized spacial score (nSPS) is 11.3. The van der Waals surface area contributed by atoms with Gasteiger partial charge in [-0.3, -0.25) is 9.71 Å². The average molecular weight is 332 g/mol. The van der Waals surface area contributed by atoms with Crippen LogP contribution < -0.4 is 10.5 Å². The van der Waals surface area contributed by atoms with Gasteiger partial charge >= 0.3 is 0 Å². The number of nitrogens with one attached hydrogen (secondary N) is 1. The van der Waals surface area contributed by atoms with Crippen LogP contribution in [0.25, 0.3) is 0 Å². The maximum absolute atomic E-state index is 12.3. The molecular weight excluding hydrogens is 321 g/mol. The molecule has 0 aliphatic heterocycles.